The molecule has 0 saturated carbocycles. The lowest BCUT2D eigenvalue weighted by atomic mass is 9.87. The number of hydrogen-bond acceptors (Lipinski definition) is 7. The van der Waals surface area contributed by atoms with Gasteiger partial charge in [-0.25, -0.2) is 13.1 Å². The van der Waals surface area contributed by atoms with Crippen LogP contribution in [0.5, 0.6) is 0 Å². The van der Waals surface area contributed by atoms with Crippen LogP contribution in [0.2, 0.25) is 0 Å². The summed E-state index contributed by atoms with van der Waals surface area (Å²) in [6, 6.07) is 11.1. The molecule has 1 aromatic carbocycles. The van der Waals surface area contributed by atoms with Gasteiger partial charge < -0.3 is 10.0 Å². The molecule has 0 unspecified atom stereocenters. The summed E-state index contributed by atoms with van der Waals surface area (Å²) in [4.78, 5) is 1.89. The standard InChI is InChI=1S/C19H23N5O3S/c1-19(2,3)13-4-7-15(8-5-13)28(26,27)23-16-11-24(12-17(16)25)18-9-6-14(10-20)21-22-18/h4-9,16-17,23,25H,11-12H2,1-3H3/t16-,17+/m1/s1. The molecule has 3 rings (SSSR count). The monoisotopic (exact) mass is 401 g/mol. The van der Waals surface area contributed by atoms with Crippen LogP contribution in [0.25, 0.3) is 0 Å². The highest BCUT2D eigenvalue weighted by Crippen LogP contribution is 2.24. The minimum Gasteiger partial charge on any atom is -0.390 e. The lowest BCUT2D eigenvalue weighted by Gasteiger charge is -2.20. The zero-order valence-electron chi connectivity index (χ0n) is 16.0. The van der Waals surface area contributed by atoms with Gasteiger partial charge in [0.15, 0.2) is 11.5 Å². The highest BCUT2D eigenvalue weighted by molar-refractivity contribution is 7.89. The highest BCUT2D eigenvalue weighted by Gasteiger charge is 2.35. The van der Waals surface area contributed by atoms with E-state index >= 15 is 0 Å². The highest BCUT2D eigenvalue weighted by atomic mass is 32.2. The first-order valence-electron chi connectivity index (χ1n) is 8.90. The third kappa shape index (κ3) is 4.30. The number of aromatic nitrogens is 2. The van der Waals surface area contributed by atoms with Gasteiger partial charge in [-0.1, -0.05) is 32.9 Å². The number of rotatable bonds is 4. The van der Waals surface area contributed by atoms with Gasteiger partial charge in [-0.3, -0.25) is 0 Å². The number of β-amino-alcohol motifs (C(OH)–C–C–N with tert-alkyl or cyclic N) is 1. The smallest absolute Gasteiger partial charge is 0.240 e. The Morgan fingerprint density at radius 3 is 2.36 bits per heavy atom. The van der Waals surface area contributed by atoms with Crippen LogP contribution in [0.3, 0.4) is 0 Å². The quantitative estimate of drug-likeness (QED) is 0.789. The van der Waals surface area contributed by atoms with Gasteiger partial charge >= 0.3 is 0 Å². The van der Waals surface area contributed by atoms with Gasteiger partial charge in [0, 0.05) is 13.1 Å². The molecule has 148 valence electrons. The van der Waals surface area contributed by atoms with E-state index in [1.165, 1.54) is 6.07 Å². The Kier molecular flexibility index (Phi) is 5.39. The van der Waals surface area contributed by atoms with E-state index in [1.807, 2.05) is 6.07 Å². The Morgan fingerprint density at radius 1 is 1.14 bits per heavy atom. The van der Waals surface area contributed by atoms with Gasteiger partial charge in [0.1, 0.15) is 6.07 Å². The lowest BCUT2D eigenvalue weighted by molar-refractivity contribution is 0.174. The fourth-order valence-electron chi connectivity index (χ4n) is 3.04. The molecule has 1 aromatic heterocycles. The molecule has 2 atom stereocenters. The first kappa shape index (κ1) is 20.2. The second-order valence-corrected chi connectivity index (χ2v) is 9.58. The average molecular weight is 401 g/mol. The fraction of sp³-hybridized carbons (Fsp3) is 0.421. The number of nitrogens with zero attached hydrogens (tertiary/aromatic N) is 4. The van der Waals surface area contributed by atoms with E-state index in [1.54, 1.807) is 35.2 Å². The molecule has 0 spiro atoms. The summed E-state index contributed by atoms with van der Waals surface area (Å²) in [6.07, 6.45) is -0.888. The Labute approximate surface area is 164 Å². The Hall–Kier alpha value is -2.54. The molecule has 0 amide bonds. The van der Waals surface area contributed by atoms with E-state index in [9.17, 15) is 13.5 Å². The maximum atomic E-state index is 12.7. The molecule has 0 radical (unpaired) electrons. The maximum absolute atomic E-state index is 12.7. The predicted octanol–water partition coefficient (Wildman–Crippen LogP) is 1.17. The van der Waals surface area contributed by atoms with Crippen LogP contribution in [-0.2, 0) is 15.4 Å². The first-order chi connectivity index (χ1) is 13.1. The number of hydrogen-bond donors (Lipinski definition) is 2. The number of aliphatic hydroxyl groups is 1. The first-order valence-corrected chi connectivity index (χ1v) is 10.4. The second kappa shape index (κ2) is 7.47. The van der Waals surface area contributed by atoms with Crippen molar-refractivity contribution in [1.29, 1.82) is 5.26 Å². The van der Waals surface area contributed by atoms with Crippen molar-refractivity contribution in [3.8, 4) is 6.07 Å². The van der Waals surface area contributed by atoms with Crippen LogP contribution in [0, 0.1) is 11.3 Å². The summed E-state index contributed by atoms with van der Waals surface area (Å²) < 4.78 is 28.0. The van der Waals surface area contributed by atoms with Crippen LogP contribution in [0.1, 0.15) is 32.0 Å². The molecule has 8 nitrogen and oxygen atoms in total. The molecule has 2 aromatic rings. The summed E-state index contributed by atoms with van der Waals surface area (Å²) in [5.74, 6) is 0.481. The minimum atomic E-state index is -3.77. The molecule has 2 N–H and O–H groups in total. The van der Waals surface area contributed by atoms with Crippen LogP contribution in [0.15, 0.2) is 41.3 Å². The number of sulfonamides is 1. The van der Waals surface area contributed by atoms with Gasteiger partial charge in [-0.2, -0.15) is 5.26 Å². The number of nitriles is 1. The van der Waals surface area contributed by atoms with E-state index in [0.717, 1.165) is 5.56 Å². The number of anilines is 1. The average Bonchev–Trinajstić information content (AvgIpc) is 3.01. The van der Waals surface area contributed by atoms with Gasteiger partial charge in [-0.05, 0) is 35.2 Å². The van der Waals surface area contributed by atoms with Crippen LogP contribution in [0.4, 0.5) is 5.82 Å². The summed E-state index contributed by atoms with van der Waals surface area (Å²) >= 11 is 0. The molecule has 1 aliphatic rings. The Morgan fingerprint density at radius 2 is 1.82 bits per heavy atom. The van der Waals surface area contributed by atoms with Crippen molar-refractivity contribution >= 4 is 15.8 Å². The maximum Gasteiger partial charge on any atom is 0.240 e. The molecule has 1 aliphatic heterocycles. The van der Waals surface area contributed by atoms with Gasteiger partial charge in [0.2, 0.25) is 10.0 Å². The summed E-state index contributed by atoms with van der Waals surface area (Å²) in [7, 11) is -3.77. The Bertz CT molecular complexity index is 976. The minimum absolute atomic E-state index is 0.0694. The summed E-state index contributed by atoms with van der Waals surface area (Å²) in [5, 5.41) is 26.8. The fourth-order valence-corrected chi connectivity index (χ4v) is 4.31. The van der Waals surface area contributed by atoms with E-state index in [-0.39, 0.29) is 29.1 Å². The normalized spacial score (nSPS) is 20.2. The van der Waals surface area contributed by atoms with Gasteiger partial charge in [-0.15, -0.1) is 10.2 Å². The van der Waals surface area contributed by atoms with E-state index in [0.29, 0.717) is 5.82 Å². The van der Waals surface area contributed by atoms with E-state index < -0.39 is 22.2 Å². The lowest BCUT2D eigenvalue weighted by Crippen LogP contribution is -2.42. The largest absolute Gasteiger partial charge is 0.390 e. The molecule has 0 bridgehead atoms. The van der Waals surface area contributed by atoms with Crippen molar-refractivity contribution in [3.05, 3.63) is 47.7 Å². The molecule has 1 saturated heterocycles. The van der Waals surface area contributed by atoms with Crippen LogP contribution >= 0.6 is 0 Å². The molecule has 0 aliphatic carbocycles. The van der Waals surface area contributed by atoms with Crippen molar-refractivity contribution in [1.82, 2.24) is 14.9 Å². The predicted molar refractivity (Wildman–Crippen MR) is 104 cm³/mol. The Balaban J connectivity index is 1.72. The number of nitrogens with one attached hydrogen (secondary N) is 1. The van der Waals surface area contributed by atoms with Crippen LogP contribution in [-0.4, -0.2) is 49.0 Å². The molecular formula is C19H23N5O3S. The molecular weight excluding hydrogens is 378 g/mol. The number of benzene rings is 1. The molecule has 28 heavy (non-hydrogen) atoms. The zero-order chi connectivity index (χ0) is 20.5. The summed E-state index contributed by atoms with van der Waals surface area (Å²) in [6.45, 7) is 6.65. The molecule has 1 fully saturated rings. The number of aliphatic hydroxyl groups excluding tert-OH is 1. The second-order valence-electron chi connectivity index (χ2n) is 7.86. The topological polar surface area (TPSA) is 119 Å². The third-order valence-corrected chi connectivity index (χ3v) is 6.22. The van der Waals surface area contributed by atoms with Gasteiger partial charge in [0.25, 0.3) is 0 Å². The van der Waals surface area contributed by atoms with Crippen molar-refractivity contribution in [2.24, 2.45) is 0 Å². The third-order valence-electron chi connectivity index (χ3n) is 4.72. The van der Waals surface area contributed by atoms with Gasteiger partial charge in [0.05, 0.1) is 17.0 Å². The molecule has 2 heterocycles. The van der Waals surface area contributed by atoms with Crippen molar-refractivity contribution in [2.45, 2.75) is 43.2 Å². The van der Waals surface area contributed by atoms with Crippen molar-refractivity contribution in [2.75, 3.05) is 18.0 Å². The summed E-state index contributed by atoms with van der Waals surface area (Å²) in [5.41, 5.74) is 1.16. The van der Waals surface area contributed by atoms with E-state index in [4.69, 9.17) is 5.26 Å². The van der Waals surface area contributed by atoms with Crippen LogP contribution < -0.4 is 9.62 Å². The zero-order valence-corrected chi connectivity index (χ0v) is 16.8. The van der Waals surface area contributed by atoms with Crippen molar-refractivity contribution in [3.63, 3.8) is 0 Å². The SMILES string of the molecule is CC(C)(C)c1ccc(S(=O)(=O)N[C@@H]2CN(c3ccc(C#N)nn3)C[C@@H]2O)cc1. The molecule has 9 heteroatoms. The van der Waals surface area contributed by atoms with E-state index in [2.05, 4.69) is 35.7 Å². The van der Waals surface area contributed by atoms with Crippen molar-refractivity contribution < 1.29 is 13.5 Å².